The van der Waals surface area contributed by atoms with Gasteiger partial charge in [-0.2, -0.15) is 0 Å². The molecule has 1 aliphatic rings. The number of rotatable bonds is 0. The zero-order chi connectivity index (χ0) is 10.2. The Morgan fingerprint density at radius 2 is 1.79 bits per heavy atom. The molecular formula is C11H15NO2. The molecule has 2 N–H and O–H groups in total. The Hall–Kier alpha value is -1.38. The predicted octanol–water partition coefficient (Wildman–Crippen LogP) is 2.07. The average Bonchev–Trinajstić information content (AvgIpc) is 2.26. The third-order valence-electron chi connectivity index (χ3n) is 2.20. The van der Waals surface area contributed by atoms with E-state index in [0.29, 0.717) is 18.9 Å². The van der Waals surface area contributed by atoms with Crippen molar-refractivity contribution in [1.29, 1.82) is 0 Å². The van der Waals surface area contributed by atoms with Crippen LogP contribution in [0.15, 0.2) is 18.2 Å². The van der Waals surface area contributed by atoms with Crippen molar-refractivity contribution in [3.63, 3.8) is 0 Å². The second-order valence-electron chi connectivity index (χ2n) is 4.45. The van der Waals surface area contributed by atoms with Crippen LogP contribution in [0.3, 0.4) is 0 Å². The third kappa shape index (κ3) is 1.76. The molecule has 0 spiro atoms. The van der Waals surface area contributed by atoms with E-state index in [1.165, 1.54) is 0 Å². The van der Waals surface area contributed by atoms with Crippen molar-refractivity contribution in [1.82, 2.24) is 0 Å². The molecule has 3 heteroatoms. The zero-order valence-corrected chi connectivity index (χ0v) is 8.54. The molecule has 0 saturated carbocycles. The molecule has 1 aromatic carbocycles. The van der Waals surface area contributed by atoms with Gasteiger partial charge in [0.05, 0.1) is 13.2 Å². The molecule has 2 rings (SSSR count). The van der Waals surface area contributed by atoms with Gasteiger partial charge in [0.25, 0.3) is 0 Å². The van der Waals surface area contributed by atoms with Gasteiger partial charge in [0, 0.05) is 17.2 Å². The van der Waals surface area contributed by atoms with Gasteiger partial charge in [-0.05, 0) is 12.1 Å². The maximum absolute atomic E-state index is 5.66. The molecule has 76 valence electrons. The largest absolute Gasteiger partial charge is 0.489 e. The van der Waals surface area contributed by atoms with Crippen molar-refractivity contribution < 1.29 is 9.47 Å². The van der Waals surface area contributed by atoms with Crippen molar-refractivity contribution in [2.75, 3.05) is 18.9 Å². The smallest absolute Gasteiger partial charge is 0.163 e. The lowest BCUT2D eigenvalue weighted by Gasteiger charge is -2.19. The van der Waals surface area contributed by atoms with Crippen LogP contribution >= 0.6 is 0 Å². The van der Waals surface area contributed by atoms with E-state index in [-0.39, 0.29) is 5.41 Å². The van der Waals surface area contributed by atoms with Crippen molar-refractivity contribution in [3.05, 3.63) is 18.2 Å². The van der Waals surface area contributed by atoms with E-state index in [4.69, 9.17) is 15.2 Å². The maximum atomic E-state index is 5.66. The second-order valence-corrected chi connectivity index (χ2v) is 4.45. The molecule has 0 radical (unpaired) electrons. The van der Waals surface area contributed by atoms with Crippen molar-refractivity contribution in [2.45, 2.75) is 13.8 Å². The van der Waals surface area contributed by atoms with E-state index < -0.39 is 0 Å². The second kappa shape index (κ2) is 3.08. The van der Waals surface area contributed by atoms with E-state index in [2.05, 4.69) is 13.8 Å². The van der Waals surface area contributed by atoms with Gasteiger partial charge in [0.1, 0.15) is 0 Å². The van der Waals surface area contributed by atoms with Gasteiger partial charge < -0.3 is 15.2 Å². The molecule has 0 fully saturated rings. The number of benzene rings is 1. The van der Waals surface area contributed by atoms with E-state index in [9.17, 15) is 0 Å². The number of hydrogen-bond acceptors (Lipinski definition) is 3. The highest BCUT2D eigenvalue weighted by Gasteiger charge is 2.24. The Labute approximate surface area is 83.8 Å². The summed E-state index contributed by atoms with van der Waals surface area (Å²) in [4.78, 5) is 0. The minimum atomic E-state index is 0.0494. The quantitative estimate of drug-likeness (QED) is 0.641. The van der Waals surface area contributed by atoms with Crippen molar-refractivity contribution in [2.24, 2.45) is 5.41 Å². The number of fused-ring (bicyclic) bond motifs is 1. The van der Waals surface area contributed by atoms with Crippen LogP contribution in [0.5, 0.6) is 11.5 Å². The van der Waals surface area contributed by atoms with Crippen LogP contribution in [0.25, 0.3) is 0 Å². The summed E-state index contributed by atoms with van der Waals surface area (Å²) in [6.07, 6.45) is 0. The summed E-state index contributed by atoms with van der Waals surface area (Å²) < 4.78 is 11.3. The highest BCUT2D eigenvalue weighted by molar-refractivity contribution is 5.52. The summed E-state index contributed by atoms with van der Waals surface area (Å²) in [5.74, 6) is 1.53. The van der Waals surface area contributed by atoms with Crippen LogP contribution in [0, 0.1) is 5.41 Å². The Morgan fingerprint density at radius 1 is 1.14 bits per heavy atom. The first-order chi connectivity index (χ1) is 6.57. The molecule has 0 atom stereocenters. The van der Waals surface area contributed by atoms with Gasteiger partial charge in [-0.1, -0.05) is 13.8 Å². The van der Waals surface area contributed by atoms with E-state index in [1.807, 2.05) is 12.1 Å². The fourth-order valence-electron chi connectivity index (χ4n) is 1.34. The highest BCUT2D eigenvalue weighted by atomic mass is 16.5. The normalized spacial score (nSPS) is 18.7. The molecule has 3 nitrogen and oxygen atoms in total. The Balaban J connectivity index is 2.30. The lowest BCUT2D eigenvalue weighted by molar-refractivity contribution is 0.140. The molecule has 1 aliphatic heterocycles. The lowest BCUT2D eigenvalue weighted by atomic mass is 9.97. The van der Waals surface area contributed by atoms with Crippen LogP contribution < -0.4 is 15.2 Å². The first-order valence-electron chi connectivity index (χ1n) is 4.72. The van der Waals surface area contributed by atoms with Gasteiger partial charge in [-0.3, -0.25) is 0 Å². The molecule has 0 unspecified atom stereocenters. The molecular weight excluding hydrogens is 178 g/mol. The van der Waals surface area contributed by atoms with E-state index in [0.717, 1.165) is 11.5 Å². The van der Waals surface area contributed by atoms with Crippen molar-refractivity contribution in [3.8, 4) is 11.5 Å². The van der Waals surface area contributed by atoms with Crippen LogP contribution in [0.1, 0.15) is 13.8 Å². The van der Waals surface area contributed by atoms with Crippen LogP contribution in [-0.4, -0.2) is 13.2 Å². The summed E-state index contributed by atoms with van der Waals surface area (Å²) in [5, 5.41) is 0. The maximum Gasteiger partial charge on any atom is 0.163 e. The van der Waals surface area contributed by atoms with E-state index in [1.54, 1.807) is 6.07 Å². The van der Waals surface area contributed by atoms with Crippen molar-refractivity contribution >= 4 is 5.69 Å². The molecule has 14 heavy (non-hydrogen) atoms. The summed E-state index contributed by atoms with van der Waals surface area (Å²) >= 11 is 0. The molecule has 0 amide bonds. The minimum Gasteiger partial charge on any atom is -0.489 e. The van der Waals surface area contributed by atoms with Gasteiger partial charge in [0.2, 0.25) is 0 Å². The zero-order valence-electron chi connectivity index (χ0n) is 8.54. The van der Waals surface area contributed by atoms with E-state index >= 15 is 0 Å². The first kappa shape index (κ1) is 9.19. The number of hydrogen-bond donors (Lipinski definition) is 1. The summed E-state index contributed by atoms with van der Waals surface area (Å²) in [7, 11) is 0. The standard InChI is InChI=1S/C11H15NO2/c1-11(2)6-13-9-4-3-8(12)5-10(9)14-7-11/h3-5H,6-7,12H2,1-2H3. The Kier molecular flexibility index (Phi) is 2.02. The third-order valence-corrected chi connectivity index (χ3v) is 2.20. The number of ether oxygens (including phenoxy) is 2. The first-order valence-corrected chi connectivity index (χ1v) is 4.72. The fourth-order valence-corrected chi connectivity index (χ4v) is 1.34. The summed E-state index contributed by atoms with van der Waals surface area (Å²) in [5.41, 5.74) is 6.42. The molecule has 0 bridgehead atoms. The number of anilines is 1. The number of nitrogens with two attached hydrogens (primary N) is 1. The topological polar surface area (TPSA) is 44.5 Å². The highest BCUT2D eigenvalue weighted by Crippen LogP contribution is 2.34. The average molecular weight is 193 g/mol. The molecule has 0 aromatic heterocycles. The summed E-state index contributed by atoms with van der Waals surface area (Å²) in [6, 6.07) is 5.48. The SMILES string of the molecule is CC1(C)COc2ccc(N)cc2OC1. The lowest BCUT2D eigenvalue weighted by Crippen LogP contribution is -2.26. The fraction of sp³-hybridized carbons (Fsp3) is 0.455. The van der Waals surface area contributed by atoms with Gasteiger partial charge in [0.15, 0.2) is 11.5 Å². The Morgan fingerprint density at radius 3 is 2.50 bits per heavy atom. The molecule has 1 aromatic rings. The van der Waals surface area contributed by atoms with Gasteiger partial charge >= 0.3 is 0 Å². The molecule has 0 saturated heterocycles. The van der Waals surface area contributed by atoms with Crippen LogP contribution in [0.2, 0.25) is 0 Å². The van der Waals surface area contributed by atoms with Gasteiger partial charge in [-0.15, -0.1) is 0 Å². The van der Waals surface area contributed by atoms with Crippen LogP contribution in [-0.2, 0) is 0 Å². The minimum absolute atomic E-state index is 0.0494. The predicted molar refractivity (Wildman–Crippen MR) is 55.6 cm³/mol. The molecule has 1 heterocycles. The summed E-state index contributed by atoms with van der Waals surface area (Å²) in [6.45, 7) is 5.55. The molecule has 0 aliphatic carbocycles. The van der Waals surface area contributed by atoms with Crippen LogP contribution in [0.4, 0.5) is 5.69 Å². The monoisotopic (exact) mass is 193 g/mol. The Bertz CT molecular complexity index is 347. The van der Waals surface area contributed by atoms with Gasteiger partial charge in [-0.25, -0.2) is 0 Å². The number of nitrogen functional groups attached to an aromatic ring is 1.